The number of carboxylic acids is 1. The summed E-state index contributed by atoms with van der Waals surface area (Å²) in [6.45, 7) is 2.41. The fourth-order valence-corrected chi connectivity index (χ4v) is 4.81. The number of aryl methyl sites for hydroxylation is 2. The predicted molar refractivity (Wildman–Crippen MR) is 154 cm³/mol. The largest absolute Gasteiger partial charge is 0.507 e. The Bertz CT molecular complexity index is 1920. The Morgan fingerprint density at radius 3 is 2.66 bits per heavy atom. The summed E-state index contributed by atoms with van der Waals surface area (Å²) < 4.78 is 7.75. The number of carbonyl (C=O) groups excluding carboxylic acids is 1. The lowest BCUT2D eigenvalue weighted by molar-refractivity contribution is -0.116. The second-order valence-electron chi connectivity index (χ2n) is 9.74. The molecule has 0 aliphatic rings. The molecule has 204 valence electrons. The minimum Gasteiger partial charge on any atom is -0.507 e. The van der Waals surface area contributed by atoms with Crippen LogP contribution in [0.25, 0.3) is 44.5 Å². The van der Waals surface area contributed by atoms with E-state index >= 15 is 0 Å². The molecular weight excluding hydrogens is 522 g/mol. The lowest BCUT2D eigenvalue weighted by Gasteiger charge is -2.08. The molecule has 10 nitrogen and oxygen atoms in total. The molecule has 1 amide bonds. The number of hydrogen-bond donors (Lipinski definition) is 3. The number of fused-ring (bicyclic) bond motifs is 2. The van der Waals surface area contributed by atoms with Crippen LogP contribution in [0.2, 0.25) is 0 Å². The summed E-state index contributed by atoms with van der Waals surface area (Å²) in [5.41, 5.74) is 4.38. The molecule has 3 N–H and O–H groups in total. The van der Waals surface area contributed by atoms with Crippen LogP contribution in [0.15, 0.2) is 83.5 Å². The molecule has 3 aromatic carbocycles. The minimum atomic E-state index is -1.25. The van der Waals surface area contributed by atoms with Gasteiger partial charge in [0.25, 0.3) is 0 Å². The van der Waals surface area contributed by atoms with E-state index in [0.29, 0.717) is 46.6 Å². The highest BCUT2D eigenvalue weighted by Gasteiger charge is 2.23. The number of hydrogen-bond acceptors (Lipinski definition) is 7. The molecule has 0 fully saturated rings. The van der Waals surface area contributed by atoms with Gasteiger partial charge in [0.05, 0.1) is 23.0 Å². The molecule has 0 unspecified atom stereocenters. The van der Waals surface area contributed by atoms with Crippen molar-refractivity contribution in [2.75, 3.05) is 5.32 Å². The first kappa shape index (κ1) is 25.8. The van der Waals surface area contributed by atoms with Crippen molar-refractivity contribution in [1.29, 1.82) is 0 Å². The molecule has 0 spiro atoms. The molecule has 0 radical (unpaired) electrons. The summed E-state index contributed by atoms with van der Waals surface area (Å²) in [5, 5.41) is 32.8. The number of anilines is 1. The molecule has 0 bridgehead atoms. The van der Waals surface area contributed by atoms with Crippen molar-refractivity contribution < 1.29 is 24.2 Å². The Balaban J connectivity index is 1.24. The van der Waals surface area contributed by atoms with Crippen LogP contribution in [-0.4, -0.2) is 42.1 Å². The van der Waals surface area contributed by atoms with Crippen LogP contribution in [0.4, 0.5) is 5.69 Å². The van der Waals surface area contributed by atoms with E-state index in [0.717, 1.165) is 22.0 Å². The molecule has 6 aromatic rings. The summed E-state index contributed by atoms with van der Waals surface area (Å²) >= 11 is 0. The first-order valence-corrected chi connectivity index (χ1v) is 13.0. The van der Waals surface area contributed by atoms with Gasteiger partial charge in [0.1, 0.15) is 28.4 Å². The zero-order valence-electron chi connectivity index (χ0n) is 22.0. The van der Waals surface area contributed by atoms with E-state index in [2.05, 4.69) is 20.6 Å². The fraction of sp³-hybridized carbons (Fsp3) is 0.129. The topological polar surface area (TPSA) is 143 Å². The lowest BCUT2D eigenvalue weighted by Crippen LogP contribution is -2.13. The third-order valence-electron chi connectivity index (χ3n) is 6.84. The summed E-state index contributed by atoms with van der Waals surface area (Å²) in [7, 11) is 0. The summed E-state index contributed by atoms with van der Waals surface area (Å²) in [6.07, 6.45) is 4.21. The van der Waals surface area contributed by atoms with Gasteiger partial charge in [-0.05, 0) is 31.5 Å². The fourth-order valence-electron chi connectivity index (χ4n) is 4.81. The molecular formula is C31H25N5O5. The zero-order chi connectivity index (χ0) is 28.5. The standard InChI is InChI=1S/C31H25N5O5/c1-18-9-11-20(12-10-18)30-28(22-15-21(31(39)40)25(37)16-26(22)41-30)24-17-36(35-34-24)14-4-8-27(38)33-23-7-2-5-19-6-3-13-32-29(19)23/h2-3,5-7,9-13,15-17,37H,4,8,14H2,1H3,(H,33,38)(H,39,40). The molecule has 10 heteroatoms. The molecule has 3 heterocycles. The first-order chi connectivity index (χ1) is 19.9. The van der Waals surface area contributed by atoms with Crippen LogP contribution in [-0.2, 0) is 11.3 Å². The average Bonchev–Trinajstić information content (AvgIpc) is 3.57. The number of rotatable bonds is 8. The number of furan rings is 1. The monoisotopic (exact) mass is 547 g/mol. The quantitative estimate of drug-likeness (QED) is 0.209. The third kappa shape index (κ3) is 5.10. The number of aromatic hydroxyl groups is 1. The third-order valence-corrected chi connectivity index (χ3v) is 6.84. The van der Waals surface area contributed by atoms with E-state index in [1.165, 1.54) is 12.1 Å². The van der Waals surface area contributed by atoms with Gasteiger partial charge in [-0.25, -0.2) is 4.79 Å². The van der Waals surface area contributed by atoms with Gasteiger partial charge < -0.3 is 19.9 Å². The van der Waals surface area contributed by atoms with Gasteiger partial charge in [0, 0.05) is 41.6 Å². The van der Waals surface area contributed by atoms with E-state index in [1.54, 1.807) is 17.1 Å². The number of para-hydroxylation sites is 1. The summed E-state index contributed by atoms with van der Waals surface area (Å²) in [6, 6.07) is 19.8. The van der Waals surface area contributed by atoms with Gasteiger partial charge >= 0.3 is 5.97 Å². The number of carbonyl (C=O) groups is 2. The SMILES string of the molecule is Cc1ccc(-c2oc3cc(O)c(C(=O)O)cc3c2-c2cn(CCCC(=O)Nc3cccc4cccnc34)nn2)cc1. The van der Waals surface area contributed by atoms with Crippen LogP contribution in [0.5, 0.6) is 5.75 Å². The maximum absolute atomic E-state index is 12.7. The van der Waals surface area contributed by atoms with Crippen molar-refractivity contribution in [3.05, 3.63) is 90.3 Å². The van der Waals surface area contributed by atoms with E-state index < -0.39 is 5.97 Å². The van der Waals surface area contributed by atoms with Crippen LogP contribution in [0, 0.1) is 6.92 Å². The Morgan fingerprint density at radius 2 is 1.85 bits per heavy atom. The van der Waals surface area contributed by atoms with E-state index in [9.17, 15) is 19.8 Å². The van der Waals surface area contributed by atoms with E-state index in [1.807, 2.05) is 61.5 Å². The molecule has 0 saturated heterocycles. The van der Waals surface area contributed by atoms with Crippen LogP contribution < -0.4 is 5.32 Å². The normalized spacial score (nSPS) is 11.2. The molecule has 0 aliphatic heterocycles. The highest BCUT2D eigenvalue weighted by Crippen LogP contribution is 2.42. The molecule has 3 aromatic heterocycles. The second-order valence-corrected chi connectivity index (χ2v) is 9.74. The van der Waals surface area contributed by atoms with Crippen LogP contribution >= 0.6 is 0 Å². The Kier molecular flexibility index (Phi) is 6.64. The number of amides is 1. The minimum absolute atomic E-state index is 0.132. The predicted octanol–water partition coefficient (Wildman–Crippen LogP) is 6.04. The number of carboxylic acid groups (broad SMARTS) is 1. The lowest BCUT2D eigenvalue weighted by atomic mass is 10.0. The van der Waals surface area contributed by atoms with Gasteiger partial charge in [0.15, 0.2) is 0 Å². The van der Waals surface area contributed by atoms with Crippen molar-refractivity contribution in [2.24, 2.45) is 0 Å². The first-order valence-electron chi connectivity index (χ1n) is 13.0. The number of benzene rings is 3. The Labute approximate surface area is 233 Å². The Hall–Kier alpha value is -5.51. The number of aromatic carboxylic acids is 1. The van der Waals surface area contributed by atoms with Crippen LogP contribution in [0.3, 0.4) is 0 Å². The average molecular weight is 548 g/mol. The highest BCUT2D eigenvalue weighted by atomic mass is 16.4. The van der Waals surface area contributed by atoms with Gasteiger partial charge in [-0.1, -0.05) is 53.2 Å². The second kappa shape index (κ2) is 10.6. The van der Waals surface area contributed by atoms with Gasteiger partial charge in [-0.3, -0.25) is 14.5 Å². The number of nitrogens with zero attached hydrogens (tertiary/aromatic N) is 4. The molecule has 6 rings (SSSR count). The number of phenols is 1. The van der Waals surface area contributed by atoms with Gasteiger partial charge in [0.2, 0.25) is 5.91 Å². The smallest absolute Gasteiger partial charge is 0.339 e. The molecule has 0 aliphatic carbocycles. The maximum Gasteiger partial charge on any atom is 0.339 e. The van der Waals surface area contributed by atoms with E-state index in [4.69, 9.17) is 4.42 Å². The van der Waals surface area contributed by atoms with Gasteiger partial charge in [-0.2, -0.15) is 0 Å². The molecule has 41 heavy (non-hydrogen) atoms. The highest BCUT2D eigenvalue weighted by molar-refractivity contribution is 6.05. The molecule has 0 saturated carbocycles. The van der Waals surface area contributed by atoms with Gasteiger partial charge in [-0.15, -0.1) is 5.10 Å². The Morgan fingerprint density at radius 1 is 1.05 bits per heavy atom. The number of pyridine rings is 1. The van der Waals surface area contributed by atoms with Crippen molar-refractivity contribution in [3.63, 3.8) is 0 Å². The maximum atomic E-state index is 12.7. The summed E-state index contributed by atoms with van der Waals surface area (Å²) in [5.74, 6) is -1.29. The number of nitrogens with one attached hydrogen (secondary N) is 1. The molecule has 0 atom stereocenters. The van der Waals surface area contributed by atoms with Crippen molar-refractivity contribution in [3.8, 4) is 28.3 Å². The zero-order valence-corrected chi connectivity index (χ0v) is 22.0. The van der Waals surface area contributed by atoms with Crippen molar-refractivity contribution >= 4 is 39.4 Å². The van der Waals surface area contributed by atoms with Crippen molar-refractivity contribution in [1.82, 2.24) is 20.0 Å². The summed E-state index contributed by atoms with van der Waals surface area (Å²) in [4.78, 5) is 28.8. The number of aromatic nitrogens is 4. The van der Waals surface area contributed by atoms with Crippen molar-refractivity contribution in [2.45, 2.75) is 26.3 Å². The van der Waals surface area contributed by atoms with Crippen LogP contribution in [0.1, 0.15) is 28.8 Å². The van der Waals surface area contributed by atoms with E-state index in [-0.39, 0.29) is 23.6 Å².